The molecule has 204 valence electrons. The number of hydrogen-bond donors (Lipinski definition) is 1. The molecule has 8 nitrogen and oxygen atoms in total. The molecule has 0 amide bonds. The molecule has 1 N–H and O–H groups in total. The van der Waals surface area contributed by atoms with Gasteiger partial charge in [0, 0.05) is 0 Å². The predicted octanol–water partition coefficient (Wildman–Crippen LogP) is 5.77. The molecular weight excluding hydrogens is 524 g/mol. The second-order valence-corrected chi connectivity index (χ2v) is 10.0. The van der Waals surface area contributed by atoms with E-state index in [4.69, 9.17) is 31.2 Å². The summed E-state index contributed by atoms with van der Waals surface area (Å²) in [6.45, 7) is 1.62. The Morgan fingerprint density at radius 1 is 0.750 bits per heavy atom. The molecule has 40 heavy (non-hydrogen) atoms. The minimum Gasteiger partial charge on any atom is -0.374 e. The van der Waals surface area contributed by atoms with E-state index < -0.39 is 18.4 Å². The minimum absolute atomic E-state index is 0.334. The number of benzene rings is 3. The van der Waals surface area contributed by atoms with Gasteiger partial charge in [-0.2, -0.15) is 0 Å². The Hall–Kier alpha value is -3.73. The quantitative estimate of drug-likeness (QED) is 0.208. The van der Waals surface area contributed by atoms with E-state index >= 15 is 0 Å². The molecule has 1 aliphatic heterocycles. The first kappa shape index (κ1) is 26.5. The van der Waals surface area contributed by atoms with Gasteiger partial charge in [-0.05, 0) is 16.7 Å². The van der Waals surface area contributed by atoms with Crippen molar-refractivity contribution in [3.05, 3.63) is 125 Å². The Morgan fingerprint density at radius 3 is 1.95 bits per heavy atom. The van der Waals surface area contributed by atoms with Crippen molar-refractivity contribution >= 4 is 23.4 Å². The van der Waals surface area contributed by atoms with Crippen molar-refractivity contribution in [2.45, 2.75) is 44.4 Å². The van der Waals surface area contributed by atoms with Crippen LogP contribution in [0.3, 0.4) is 0 Å². The Bertz CT molecular complexity index is 1560. The van der Waals surface area contributed by atoms with E-state index in [9.17, 15) is 0 Å². The molecule has 5 aromatic rings. The van der Waals surface area contributed by atoms with Crippen LogP contribution < -0.4 is 0 Å². The number of imidazole rings is 1. The van der Waals surface area contributed by atoms with Gasteiger partial charge in [0.15, 0.2) is 10.9 Å². The fourth-order valence-corrected chi connectivity index (χ4v) is 5.11. The number of aromatic amines is 1. The summed E-state index contributed by atoms with van der Waals surface area (Å²) in [4.78, 5) is 11.9. The zero-order valence-corrected chi connectivity index (χ0v) is 22.7. The van der Waals surface area contributed by atoms with Gasteiger partial charge in [-0.3, -0.25) is 4.57 Å². The maximum Gasteiger partial charge on any atom is 0.166 e. The molecule has 0 bridgehead atoms. The maximum absolute atomic E-state index is 6.67. The van der Waals surface area contributed by atoms with Crippen LogP contribution in [0.5, 0.6) is 0 Å². The fraction of sp³-hybridized carbons (Fsp3) is 0.258. The second kappa shape index (κ2) is 12.6. The van der Waals surface area contributed by atoms with Gasteiger partial charge in [-0.15, -0.1) is 0 Å². The van der Waals surface area contributed by atoms with Crippen molar-refractivity contribution in [2.75, 3.05) is 6.61 Å². The molecule has 9 heteroatoms. The van der Waals surface area contributed by atoms with Crippen LogP contribution in [0, 0.1) is 4.64 Å². The van der Waals surface area contributed by atoms with Crippen molar-refractivity contribution in [1.82, 2.24) is 19.5 Å². The summed E-state index contributed by atoms with van der Waals surface area (Å²) in [5, 5.41) is 0. The van der Waals surface area contributed by atoms with E-state index in [-0.39, 0.29) is 6.10 Å². The highest BCUT2D eigenvalue weighted by molar-refractivity contribution is 7.71. The van der Waals surface area contributed by atoms with Crippen molar-refractivity contribution in [1.29, 1.82) is 0 Å². The van der Waals surface area contributed by atoms with E-state index in [1.54, 1.807) is 12.7 Å². The highest BCUT2D eigenvalue weighted by Gasteiger charge is 2.48. The van der Waals surface area contributed by atoms with Gasteiger partial charge >= 0.3 is 0 Å². The van der Waals surface area contributed by atoms with E-state index in [0.717, 1.165) is 16.7 Å². The largest absolute Gasteiger partial charge is 0.374 e. The van der Waals surface area contributed by atoms with Gasteiger partial charge in [0.1, 0.15) is 29.5 Å². The average Bonchev–Trinajstić information content (AvgIpc) is 3.58. The molecule has 2 aromatic heterocycles. The van der Waals surface area contributed by atoms with Crippen LogP contribution >= 0.6 is 12.2 Å². The number of nitrogens with zero attached hydrogens (tertiary/aromatic N) is 3. The Labute approximate surface area is 237 Å². The SMILES string of the molecule is S=c1nc[nH]c2c1ncn2[C@@H]1O[C@H](COCc2ccccc2)[C@H](OCc2ccccc2)[C@@H]1OCc1ccccc1. The summed E-state index contributed by atoms with van der Waals surface area (Å²) in [5.74, 6) is 0. The van der Waals surface area contributed by atoms with Gasteiger partial charge in [0.2, 0.25) is 0 Å². The van der Waals surface area contributed by atoms with E-state index in [2.05, 4.69) is 15.0 Å². The fourth-order valence-electron chi connectivity index (χ4n) is 4.91. The zero-order chi connectivity index (χ0) is 27.1. The molecule has 3 aromatic carbocycles. The van der Waals surface area contributed by atoms with Gasteiger partial charge in [0.05, 0.1) is 39.1 Å². The molecule has 6 rings (SSSR count). The summed E-state index contributed by atoms with van der Waals surface area (Å²) in [7, 11) is 0. The van der Waals surface area contributed by atoms with Crippen molar-refractivity contribution in [2.24, 2.45) is 0 Å². The van der Waals surface area contributed by atoms with Crippen LogP contribution in [0.4, 0.5) is 0 Å². The molecule has 0 aliphatic carbocycles. The smallest absolute Gasteiger partial charge is 0.166 e. The summed E-state index contributed by atoms with van der Waals surface area (Å²) in [5.41, 5.74) is 4.54. The Morgan fingerprint density at radius 2 is 1.32 bits per heavy atom. The third-order valence-electron chi connectivity index (χ3n) is 6.90. The number of ether oxygens (including phenoxy) is 4. The lowest BCUT2D eigenvalue weighted by molar-refractivity contribution is -0.0913. The monoisotopic (exact) mass is 554 g/mol. The zero-order valence-electron chi connectivity index (χ0n) is 21.8. The first-order valence-corrected chi connectivity index (χ1v) is 13.7. The van der Waals surface area contributed by atoms with Crippen LogP contribution in [-0.2, 0) is 38.8 Å². The lowest BCUT2D eigenvalue weighted by Crippen LogP contribution is -2.38. The van der Waals surface area contributed by atoms with Gasteiger partial charge in [-0.1, -0.05) is 103 Å². The number of fused-ring (bicyclic) bond motifs is 1. The topological polar surface area (TPSA) is 83.4 Å². The number of aromatic nitrogens is 4. The predicted molar refractivity (Wildman–Crippen MR) is 153 cm³/mol. The second-order valence-electron chi connectivity index (χ2n) is 9.65. The molecule has 0 spiro atoms. The van der Waals surface area contributed by atoms with Gasteiger partial charge in [0.25, 0.3) is 0 Å². The summed E-state index contributed by atoms with van der Waals surface area (Å²) >= 11 is 5.41. The number of nitrogens with one attached hydrogen (secondary N) is 1. The van der Waals surface area contributed by atoms with Crippen LogP contribution in [0.25, 0.3) is 11.2 Å². The number of H-pyrrole nitrogens is 1. The molecule has 1 fully saturated rings. The molecular formula is C31H30N4O4S. The first-order chi connectivity index (χ1) is 19.8. The standard InChI is InChI=1S/C31H30N4O4S/c40-30-26-29(32-20-33-30)35(21-34-26)31-28(38-18-24-14-8-3-9-15-24)27(37-17-23-12-6-2-7-13-23)25(39-31)19-36-16-22-10-4-1-5-11-22/h1-15,20-21,25,27-28,31H,16-19H2,(H,32,33,40)/t25-,27+,28+,31-/m1/s1. The van der Waals surface area contributed by atoms with Crippen molar-refractivity contribution in [3.63, 3.8) is 0 Å². The van der Waals surface area contributed by atoms with E-state index in [1.807, 2.05) is 95.6 Å². The number of rotatable bonds is 11. The molecule has 0 unspecified atom stereocenters. The van der Waals surface area contributed by atoms with Crippen LogP contribution in [-0.4, -0.2) is 44.4 Å². The highest BCUT2D eigenvalue weighted by Crippen LogP contribution is 2.36. The van der Waals surface area contributed by atoms with Crippen molar-refractivity contribution in [3.8, 4) is 0 Å². The molecule has 1 saturated heterocycles. The third kappa shape index (κ3) is 6.04. The summed E-state index contributed by atoms with van der Waals surface area (Å²) < 4.78 is 28.3. The lowest BCUT2D eigenvalue weighted by atomic mass is 10.1. The Balaban J connectivity index is 1.30. The van der Waals surface area contributed by atoms with Gasteiger partial charge < -0.3 is 23.9 Å². The molecule has 0 radical (unpaired) electrons. The summed E-state index contributed by atoms with van der Waals surface area (Å²) in [6, 6.07) is 30.3. The van der Waals surface area contributed by atoms with E-state index in [1.165, 1.54) is 0 Å². The van der Waals surface area contributed by atoms with Gasteiger partial charge in [-0.25, -0.2) is 9.97 Å². The summed E-state index contributed by atoms with van der Waals surface area (Å²) in [6.07, 6.45) is 1.49. The minimum atomic E-state index is -0.534. The molecule has 1 aliphatic rings. The van der Waals surface area contributed by atoms with Crippen LogP contribution in [0.15, 0.2) is 104 Å². The van der Waals surface area contributed by atoms with Crippen molar-refractivity contribution < 1.29 is 18.9 Å². The molecule has 3 heterocycles. The Kier molecular flexibility index (Phi) is 8.36. The normalized spacial score (nSPS) is 20.7. The maximum atomic E-state index is 6.67. The van der Waals surface area contributed by atoms with Crippen LogP contribution in [0.2, 0.25) is 0 Å². The lowest BCUT2D eigenvalue weighted by Gasteiger charge is -2.25. The first-order valence-electron chi connectivity index (χ1n) is 13.2. The highest BCUT2D eigenvalue weighted by atomic mass is 32.1. The van der Waals surface area contributed by atoms with E-state index in [0.29, 0.717) is 42.2 Å². The number of hydrogen-bond acceptors (Lipinski definition) is 7. The molecule has 4 atom stereocenters. The average molecular weight is 555 g/mol. The molecule has 0 saturated carbocycles. The van der Waals surface area contributed by atoms with Crippen LogP contribution in [0.1, 0.15) is 22.9 Å². The third-order valence-corrected chi connectivity index (χ3v) is 7.20.